The Bertz CT molecular complexity index is 313. The summed E-state index contributed by atoms with van der Waals surface area (Å²) in [5.74, 6) is 0. The van der Waals surface area contributed by atoms with E-state index in [1.165, 1.54) is 12.1 Å². The SMILES string of the molecule is C[CH]Cc1cc(C(F)(F)F)ccc1C. The maximum atomic E-state index is 12.3. The smallest absolute Gasteiger partial charge is 0.166 e. The summed E-state index contributed by atoms with van der Waals surface area (Å²) in [6.45, 7) is 3.65. The Morgan fingerprint density at radius 3 is 2.43 bits per heavy atom. The molecule has 77 valence electrons. The molecular weight excluding hydrogens is 189 g/mol. The largest absolute Gasteiger partial charge is 0.416 e. The van der Waals surface area contributed by atoms with Gasteiger partial charge in [0.15, 0.2) is 0 Å². The van der Waals surface area contributed by atoms with Crippen LogP contribution in [-0.4, -0.2) is 0 Å². The van der Waals surface area contributed by atoms with Gasteiger partial charge in [-0.3, -0.25) is 0 Å². The third-order valence-corrected chi connectivity index (χ3v) is 2.10. The summed E-state index contributed by atoms with van der Waals surface area (Å²) in [6.07, 6.45) is -1.81. The van der Waals surface area contributed by atoms with Crippen LogP contribution in [0.15, 0.2) is 18.2 Å². The molecule has 0 spiro atoms. The van der Waals surface area contributed by atoms with Gasteiger partial charge in [-0.15, -0.1) is 0 Å². The summed E-state index contributed by atoms with van der Waals surface area (Å²) in [5.41, 5.74) is 1.07. The van der Waals surface area contributed by atoms with Crippen LogP contribution in [0.5, 0.6) is 0 Å². The summed E-state index contributed by atoms with van der Waals surface area (Å²) in [4.78, 5) is 0. The molecule has 0 aliphatic heterocycles. The predicted molar refractivity (Wildman–Crippen MR) is 49.9 cm³/mol. The van der Waals surface area contributed by atoms with E-state index in [9.17, 15) is 13.2 Å². The first-order chi connectivity index (χ1) is 6.45. The van der Waals surface area contributed by atoms with Crippen LogP contribution >= 0.6 is 0 Å². The van der Waals surface area contributed by atoms with Gasteiger partial charge in [0, 0.05) is 0 Å². The lowest BCUT2D eigenvalue weighted by atomic mass is 10.0. The number of alkyl halides is 3. The Labute approximate surface area is 81.8 Å². The van der Waals surface area contributed by atoms with Gasteiger partial charge in [0.05, 0.1) is 5.56 Å². The lowest BCUT2D eigenvalue weighted by molar-refractivity contribution is -0.137. The average molecular weight is 201 g/mol. The highest BCUT2D eigenvalue weighted by Gasteiger charge is 2.30. The van der Waals surface area contributed by atoms with Crippen LogP contribution in [0.25, 0.3) is 0 Å². The number of benzene rings is 1. The fourth-order valence-corrected chi connectivity index (χ4v) is 1.29. The molecule has 0 saturated heterocycles. The molecule has 0 nitrogen and oxygen atoms in total. The van der Waals surface area contributed by atoms with Crippen LogP contribution in [0.4, 0.5) is 13.2 Å². The van der Waals surface area contributed by atoms with E-state index in [0.717, 1.165) is 17.2 Å². The molecule has 0 bridgehead atoms. The predicted octanol–water partition coefficient (Wildman–Crippen LogP) is 3.78. The van der Waals surface area contributed by atoms with Crippen molar-refractivity contribution in [2.75, 3.05) is 0 Å². The highest BCUT2D eigenvalue weighted by atomic mass is 19.4. The van der Waals surface area contributed by atoms with Gasteiger partial charge in [-0.05, 0) is 43.0 Å². The molecule has 3 heteroatoms. The normalized spacial score (nSPS) is 11.8. The van der Waals surface area contributed by atoms with Crippen molar-refractivity contribution in [3.05, 3.63) is 41.3 Å². The van der Waals surface area contributed by atoms with Gasteiger partial charge in [-0.25, -0.2) is 0 Å². The fourth-order valence-electron chi connectivity index (χ4n) is 1.29. The maximum Gasteiger partial charge on any atom is 0.416 e. The van der Waals surface area contributed by atoms with Crippen LogP contribution < -0.4 is 0 Å². The van der Waals surface area contributed by atoms with Gasteiger partial charge in [-0.2, -0.15) is 13.2 Å². The molecule has 1 rings (SSSR count). The van der Waals surface area contributed by atoms with Crippen molar-refractivity contribution in [1.29, 1.82) is 0 Å². The third-order valence-electron chi connectivity index (χ3n) is 2.10. The quantitative estimate of drug-likeness (QED) is 0.683. The minimum Gasteiger partial charge on any atom is -0.166 e. The van der Waals surface area contributed by atoms with Crippen LogP contribution in [0, 0.1) is 13.3 Å². The zero-order valence-corrected chi connectivity index (χ0v) is 8.15. The van der Waals surface area contributed by atoms with Crippen molar-refractivity contribution < 1.29 is 13.2 Å². The summed E-state index contributed by atoms with van der Waals surface area (Å²) in [5, 5.41) is 0. The van der Waals surface area contributed by atoms with Crippen molar-refractivity contribution >= 4 is 0 Å². The number of hydrogen-bond acceptors (Lipinski definition) is 0. The lowest BCUT2D eigenvalue weighted by Gasteiger charge is -2.10. The molecule has 1 aromatic carbocycles. The van der Waals surface area contributed by atoms with Gasteiger partial charge < -0.3 is 0 Å². The number of hydrogen-bond donors (Lipinski definition) is 0. The minimum atomic E-state index is -4.24. The van der Waals surface area contributed by atoms with Gasteiger partial charge in [0.2, 0.25) is 0 Å². The molecular formula is C11H12F3. The Balaban J connectivity index is 3.06. The van der Waals surface area contributed by atoms with E-state index >= 15 is 0 Å². The summed E-state index contributed by atoms with van der Waals surface area (Å²) in [6, 6.07) is 3.85. The maximum absolute atomic E-state index is 12.3. The molecule has 0 amide bonds. The van der Waals surface area contributed by atoms with E-state index in [1.807, 2.05) is 20.3 Å². The van der Waals surface area contributed by atoms with E-state index in [2.05, 4.69) is 0 Å². The van der Waals surface area contributed by atoms with Crippen LogP contribution in [0.1, 0.15) is 23.6 Å². The Kier molecular flexibility index (Phi) is 3.19. The van der Waals surface area contributed by atoms with Crippen molar-refractivity contribution in [1.82, 2.24) is 0 Å². The Morgan fingerprint density at radius 2 is 1.93 bits per heavy atom. The second kappa shape index (κ2) is 4.03. The molecule has 1 aromatic rings. The Morgan fingerprint density at radius 1 is 1.29 bits per heavy atom. The van der Waals surface area contributed by atoms with Crippen LogP contribution in [-0.2, 0) is 12.6 Å². The van der Waals surface area contributed by atoms with Crippen molar-refractivity contribution in [3.63, 3.8) is 0 Å². The molecule has 0 atom stereocenters. The van der Waals surface area contributed by atoms with Gasteiger partial charge in [-0.1, -0.05) is 13.0 Å². The lowest BCUT2D eigenvalue weighted by Crippen LogP contribution is -2.06. The van der Waals surface area contributed by atoms with Gasteiger partial charge in [0.25, 0.3) is 0 Å². The molecule has 0 unspecified atom stereocenters. The van der Waals surface area contributed by atoms with E-state index in [4.69, 9.17) is 0 Å². The highest BCUT2D eigenvalue weighted by molar-refractivity contribution is 5.33. The highest BCUT2D eigenvalue weighted by Crippen LogP contribution is 2.30. The number of halogens is 3. The zero-order chi connectivity index (χ0) is 10.8. The molecule has 0 aliphatic rings. The average Bonchev–Trinajstić information content (AvgIpc) is 2.07. The molecule has 14 heavy (non-hydrogen) atoms. The van der Waals surface area contributed by atoms with E-state index < -0.39 is 11.7 Å². The van der Waals surface area contributed by atoms with Gasteiger partial charge >= 0.3 is 6.18 Å². The van der Waals surface area contributed by atoms with Crippen molar-refractivity contribution in [2.24, 2.45) is 0 Å². The first kappa shape index (κ1) is 11.1. The molecule has 0 aliphatic carbocycles. The van der Waals surface area contributed by atoms with E-state index in [0.29, 0.717) is 6.42 Å². The number of aryl methyl sites for hydroxylation is 1. The summed E-state index contributed by atoms with van der Waals surface area (Å²) >= 11 is 0. The van der Waals surface area contributed by atoms with E-state index in [1.54, 1.807) is 0 Å². The number of rotatable bonds is 2. The topological polar surface area (TPSA) is 0 Å². The van der Waals surface area contributed by atoms with Crippen molar-refractivity contribution in [2.45, 2.75) is 26.4 Å². The monoisotopic (exact) mass is 201 g/mol. The molecule has 0 heterocycles. The molecule has 0 N–H and O–H groups in total. The molecule has 0 aromatic heterocycles. The molecule has 0 saturated carbocycles. The minimum absolute atomic E-state index is 0.569. The molecule has 1 radical (unpaired) electrons. The standard InChI is InChI=1S/C11H12F3/c1-3-4-9-7-10(11(12,13)14)6-5-8(9)2/h3,5-7H,4H2,1-2H3. The second-order valence-corrected chi connectivity index (χ2v) is 3.25. The van der Waals surface area contributed by atoms with Crippen LogP contribution in [0.2, 0.25) is 0 Å². The second-order valence-electron chi connectivity index (χ2n) is 3.25. The first-order valence-corrected chi connectivity index (χ1v) is 4.39. The third kappa shape index (κ3) is 2.50. The summed E-state index contributed by atoms with van der Waals surface area (Å²) < 4.78 is 37.0. The van der Waals surface area contributed by atoms with Gasteiger partial charge in [0.1, 0.15) is 0 Å². The molecule has 0 fully saturated rings. The van der Waals surface area contributed by atoms with E-state index in [-0.39, 0.29) is 0 Å². The van der Waals surface area contributed by atoms with Crippen molar-refractivity contribution in [3.8, 4) is 0 Å². The summed E-state index contributed by atoms with van der Waals surface area (Å²) in [7, 11) is 0. The zero-order valence-electron chi connectivity index (χ0n) is 8.15. The fraction of sp³-hybridized carbons (Fsp3) is 0.364. The first-order valence-electron chi connectivity index (χ1n) is 4.39. The van der Waals surface area contributed by atoms with Crippen LogP contribution in [0.3, 0.4) is 0 Å². The Hall–Kier alpha value is -0.990.